The van der Waals surface area contributed by atoms with Gasteiger partial charge in [-0.15, -0.1) is 11.6 Å². The smallest absolute Gasteiger partial charge is 0.0333 e. The molecular formula is C14H21Cl. The van der Waals surface area contributed by atoms with E-state index >= 15 is 0 Å². The molecule has 15 heavy (non-hydrogen) atoms. The summed E-state index contributed by atoms with van der Waals surface area (Å²) in [6.07, 6.45) is 4.58. The van der Waals surface area contributed by atoms with E-state index in [1.165, 1.54) is 29.5 Å². The van der Waals surface area contributed by atoms with Crippen LogP contribution in [0.1, 0.15) is 42.9 Å². The Labute approximate surface area is 98.7 Å². The molecule has 1 aromatic carbocycles. The molecule has 0 aliphatic rings. The molecule has 1 unspecified atom stereocenters. The molecule has 0 saturated carbocycles. The van der Waals surface area contributed by atoms with Crippen LogP contribution in [-0.4, -0.2) is 5.38 Å². The Hall–Kier alpha value is -0.490. The van der Waals surface area contributed by atoms with Crippen LogP contribution in [-0.2, 0) is 6.42 Å². The zero-order chi connectivity index (χ0) is 11.3. The van der Waals surface area contributed by atoms with Crippen LogP contribution in [0.25, 0.3) is 0 Å². The first-order valence-electron chi connectivity index (χ1n) is 5.84. The second-order valence-corrected chi connectivity index (χ2v) is 4.89. The van der Waals surface area contributed by atoms with Crippen molar-refractivity contribution in [2.24, 2.45) is 0 Å². The van der Waals surface area contributed by atoms with Crippen LogP contribution < -0.4 is 0 Å². The fraction of sp³-hybridized carbons (Fsp3) is 0.571. The van der Waals surface area contributed by atoms with E-state index in [4.69, 9.17) is 11.6 Å². The highest BCUT2D eigenvalue weighted by molar-refractivity contribution is 6.20. The van der Waals surface area contributed by atoms with Crippen molar-refractivity contribution in [3.05, 3.63) is 34.9 Å². The molecule has 1 atom stereocenters. The molecule has 0 nitrogen and oxygen atoms in total. The first kappa shape index (κ1) is 12.6. The Morgan fingerprint density at radius 1 is 1.20 bits per heavy atom. The molecule has 84 valence electrons. The maximum atomic E-state index is 6.11. The molecule has 0 N–H and O–H groups in total. The quantitative estimate of drug-likeness (QED) is 0.639. The second-order valence-electron chi connectivity index (χ2n) is 4.27. The zero-order valence-electron chi connectivity index (χ0n) is 10.0. The molecule has 0 bridgehead atoms. The van der Waals surface area contributed by atoms with Gasteiger partial charge in [-0.1, -0.05) is 25.1 Å². The minimum absolute atomic E-state index is 0.356. The molecule has 0 aromatic heterocycles. The van der Waals surface area contributed by atoms with E-state index in [0.29, 0.717) is 5.38 Å². The van der Waals surface area contributed by atoms with Crippen molar-refractivity contribution in [1.29, 1.82) is 0 Å². The van der Waals surface area contributed by atoms with Gasteiger partial charge in [-0.05, 0) is 56.2 Å². The summed E-state index contributed by atoms with van der Waals surface area (Å²) >= 11 is 6.11. The summed E-state index contributed by atoms with van der Waals surface area (Å²) in [4.78, 5) is 0. The van der Waals surface area contributed by atoms with Crippen molar-refractivity contribution in [3.8, 4) is 0 Å². The van der Waals surface area contributed by atoms with Gasteiger partial charge in [-0.3, -0.25) is 0 Å². The van der Waals surface area contributed by atoms with E-state index in [1.807, 2.05) is 0 Å². The summed E-state index contributed by atoms with van der Waals surface area (Å²) in [5, 5.41) is 0.356. The number of halogens is 1. The summed E-state index contributed by atoms with van der Waals surface area (Å²) in [6, 6.07) is 6.52. The predicted molar refractivity (Wildman–Crippen MR) is 68.8 cm³/mol. The molecule has 0 radical (unpaired) electrons. The fourth-order valence-corrected chi connectivity index (χ4v) is 2.10. The van der Waals surface area contributed by atoms with Gasteiger partial charge in [-0.2, -0.15) is 0 Å². The average Bonchev–Trinajstić information content (AvgIpc) is 2.22. The number of benzene rings is 1. The molecule has 0 fully saturated rings. The van der Waals surface area contributed by atoms with Crippen molar-refractivity contribution in [1.82, 2.24) is 0 Å². The van der Waals surface area contributed by atoms with Crippen molar-refractivity contribution in [2.75, 3.05) is 0 Å². The summed E-state index contributed by atoms with van der Waals surface area (Å²) in [7, 11) is 0. The van der Waals surface area contributed by atoms with Crippen molar-refractivity contribution < 1.29 is 0 Å². The first-order chi connectivity index (χ1) is 7.15. The third-order valence-electron chi connectivity index (χ3n) is 3.03. The van der Waals surface area contributed by atoms with E-state index < -0.39 is 0 Å². The van der Waals surface area contributed by atoms with Crippen LogP contribution in [0.2, 0.25) is 0 Å². The van der Waals surface area contributed by atoms with Crippen LogP contribution in [0, 0.1) is 13.8 Å². The normalized spacial score (nSPS) is 12.8. The highest BCUT2D eigenvalue weighted by Crippen LogP contribution is 2.18. The van der Waals surface area contributed by atoms with E-state index in [-0.39, 0.29) is 0 Å². The van der Waals surface area contributed by atoms with Crippen LogP contribution >= 0.6 is 11.6 Å². The summed E-state index contributed by atoms with van der Waals surface area (Å²) < 4.78 is 0. The maximum absolute atomic E-state index is 6.11. The van der Waals surface area contributed by atoms with Gasteiger partial charge in [0.1, 0.15) is 0 Å². The SMILES string of the molecule is CCC(Cl)CCCc1c(C)cccc1C. The zero-order valence-corrected chi connectivity index (χ0v) is 10.8. The van der Waals surface area contributed by atoms with Crippen LogP contribution in [0.4, 0.5) is 0 Å². The Morgan fingerprint density at radius 3 is 2.33 bits per heavy atom. The van der Waals surface area contributed by atoms with E-state index in [0.717, 1.165) is 12.8 Å². The number of alkyl halides is 1. The van der Waals surface area contributed by atoms with Gasteiger partial charge in [-0.25, -0.2) is 0 Å². The third-order valence-corrected chi connectivity index (χ3v) is 3.56. The standard InChI is InChI=1S/C14H21Cl/c1-4-13(15)9-6-10-14-11(2)7-5-8-12(14)3/h5,7-8,13H,4,6,9-10H2,1-3H3. The summed E-state index contributed by atoms with van der Waals surface area (Å²) in [5.41, 5.74) is 4.34. The molecule has 0 aliphatic carbocycles. The third kappa shape index (κ3) is 3.87. The lowest BCUT2D eigenvalue weighted by Gasteiger charge is -2.10. The van der Waals surface area contributed by atoms with Gasteiger partial charge in [0, 0.05) is 5.38 Å². The molecule has 0 saturated heterocycles. The summed E-state index contributed by atoms with van der Waals surface area (Å²) in [6.45, 7) is 6.54. The minimum Gasteiger partial charge on any atom is -0.123 e. The molecule has 1 rings (SSSR count). The average molecular weight is 225 g/mol. The molecular weight excluding hydrogens is 204 g/mol. The highest BCUT2D eigenvalue weighted by atomic mass is 35.5. The van der Waals surface area contributed by atoms with Gasteiger partial charge < -0.3 is 0 Å². The van der Waals surface area contributed by atoms with Crippen molar-refractivity contribution in [3.63, 3.8) is 0 Å². The minimum atomic E-state index is 0.356. The topological polar surface area (TPSA) is 0 Å². The lowest BCUT2D eigenvalue weighted by atomic mass is 9.97. The fourth-order valence-electron chi connectivity index (χ4n) is 1.95. The Morgan fingerprint density at radius 2 is 1.80 bits per heavy atom. The Bertz CT molecular complexity index is 284. The van der Waals surface area contributed by atoms with E-state index in [2.05, 4.69) is 39.0 Å². The van der Waals surface area contributed by atoms with Gasteiger partial charge in [0.15, 0.2) is 0 Å². The molecule has 0 heterocycles. The number of hydrogen-bond donors (Lipinski definition) is 0. The van der Waals surface area contributed by atoms with Gasteiger partial charge in [0.25, 0.3) is 0 Å². The van der Waals surface area contributed by atoms with Crippen LogP contribution in [0.15, 0.2) is 18.2 Å². The second kappa shape index (κ2) is 6.17. The van der Waals surface area contributed by atoms with E-state index in [9.17, 15) is 0 Å². The molecule has 1 aromatic rings. The largest absolute Gasteiger partial charge is 0.123 e. The number of hydrogen-bond acceptors (Lipinski definition) is 0. The monoisotopic (exact) mass is 224 g/mol. The van der Waals surface area contributed by atoms with Gasteiger partial charge >= 0.3 is 0 Å². The molecule has 0 amide bonds. The van der Waals surface area contributed by atoms with Crippen LogP contribution in [0.3, 0.4) is 0 Å². The Balaban J connectivity index is 2.50. The number of aryl methyl sites for hydroxylation is 2. The molecule has 1 heteroatoms. The van der Waals surface area contributed by atoms with Crippen LogP contribution in [0.5, 0.6) is 0 Å². The van der Waals surface area contributed by atoms with Crippen molar-refractivity contribution >= 4 is 11.6 Å². The maximum Gasteiger partial charge on any atom is 0.0333 e. The molecule has 0 spiro atoms. The van der Waals surface area contributed by atoms with Crippen molar-refractivity contribution in [2.45, 2.75) is 51.8 Å². The van der Waals surface area contributed by atoms with E-state index in [1.54, 1.807) is 0 Å². The van der Waals surface area contributed by atoms with Gasteiger partial charge in [0.05, 0.1) is 0 Å². The van der Waals surface area contributed by atoms with Gasteiger partial charge in [0.2, 0.25) is 0 Å². The lowest BCUT2D eigenvalue weighted by Crippen LogP contribution is -1.99. The Kier molecular flexibility index (Phi) is 5.17. The number of rotatable bonds is 5. The summed E-state index contributed by atoms with van der Waals surface area (Å²) in [5.74, 6) is 0. The highest BCUT2D eigenvalue weighted by Gasteiger charge is 2.04. The predicted octanol–water partition coefficient (Wildman–Crippen LogP) is 4.64. The first-order valence-corrected chi connectivity index (χ1v) is 6.28. The molecule has 0 aliphatic heterocycles. The lowest BCUT2D eigenvalue weighted by molar-refractivity contribution is 0.672.